The van der Waals surface area contributed by atoms with Gasteiger partial charge in [0.15, 0.2) is 0 Å². The standard InChI is InChI=1S/C16H22N4OS/c1-16(2,3)15-20-19-14(22-15)10-18-13(21)9-8-11-6-4-5-7-12(11)17/h4-7H,8-10,17H2,1-3H3,(H,18,21). The first-order chi connectivity index (χ1) is 10.4. The van der Waals surface area contributed by atoms with Crippen LogP contribution >= 0.6 is 11.3 Å². The number of nitrogens with one attached hydrogen (secondary N) is 1. The van der Waals surface area contributed by atoms with E-state index >= 15 is 0 Å². The molecule has 0 atom stereocenters. The van der Waals surface area contributed by atoms with Crippen LogP contribution in [0.2, 0.25) is 0 Å². The Balaban J connectivity index is 1.81. The molecule has 118 valence electrons. The number of carbonyl (C=O) groups excluding carboxylic acids is 1. The summed E-state index contributed by atoms with van der Waals surface area (Å²) in [6, 6.07) is 7.62. The predicted molar refractivity (Wildman–Crippen MR) is 89.6 cm³/mol. The Morgan fingerprint density at radius 1 is 1.27 bits per heavy atom. The van der Waals surface area contributed by atoms with Gasteiger partial charge in [0.1, 0.15) is 10.0 Å². The molecule has 1 aromatic carbocycles. The van der Waals surface area contributed by atoms with Gasteiger partial charge in [-0.2, -0.15) is 0 Å². The molecule has 6 heteroatoms. The van der Waals surface area contributed by atoms with Crippen LogP contribution in [0, 0.1) is 0 Å². The first kappa shape index (κ1) is 16.4. The van der Waals surface area contributed by atoms with E-state index in [-0.39, 0.29) is 11.3 Å². The molecule has 2 rings (SSSR count). The van der Waals surface area contributed by atoms with E-state index in [0.29, 0.717) is 19.4 Å². The average molecular weight is 318 g/mol. The number of aromatic nitrogens is 2. The van der Waals surface area contributed by atoms with E-state index in [2.05, 4.69) is 36.3 Å². The highest BCUT2D eigenvalue weighted by Crippen LogP contribution is 2.25. The number of nitrogen functional groups attached to an aromatic ring is 1. The number of para-hydroxylation sites is 1. The Morgan fingerprint density at radius 3 is 2.64 bits per heavy atom. The number of hydrogen-bond donors (Lipinski definition) is 2. The Morgan fingerprint density at radius 2 is 2.00 bits per heavy atom. The van der Waals surface area contributed by atoms with E-state index in [4.69, 9.17) is 5.73 Å². The van der Waals surface area contributed by atoms with Crippen LogP contribution in [0.3, 0.4) is 0 Å². The second-order valence-corrected chi connectivity index (χ2v) is 7.29. The third-order valence-corrected chi connectivity index (χ3v) is 4.57. The van der Waals surface area contributed by atoms with E-state index in [9.17, 15) is 4.79 Å². The molecule has 0 spiro atoms. The van der Waals surface area contributed by atoms with Gasteiger partial charge in [-0.05, 0) is 18.1 Å². The van der Waals surface area contributed by atoms with Gasteiger partial charge in [-0.25, -0.2) is 0 Å². The third kappa shape index (κ3) is 4.53. The normalized spacial score (nSPS) is 11.4. The molecule has 22 heavy (non-hydrogen) atoms. The van der Waals surface area contributed by atoms with Crippen molar-refractivity contribution in [1.29, 1.82) is 0 Å². The molecule has 1 heterocycles. The first-order valence-corrected chi connectivity index (χ1v) is 8.11. The molecule has 0 radical (unpaired) electrons. The fraction of sp³-hybridized carbons (Fsp3) is 0.438. The molecule has 0 aliphatic carbocycles. The van der Waals surface area contributed by atoms with Gasteiger partial charge in [0.05, 0.1) is 6.54 Å². The molecular formula is C16H22N4OS. The van der Waals surface area contributed by atoms with Crippen molar-refractivity contribution in [2.75, 3.05) is 5.73 Å². The Hall–Kier alpha value is -1.95. The van der Waals surface area contributed by atoms with Gasteiger partial charge in [-0.3, -0.25) is 4.79 Å². The summed E-state index contributed by atoms with van der Waals surface area (Å²) < 4.78 is 0. The van der Waals surface area contributed by atoms with E-state index in [0.717, 1.165) is 21.3 Å². The number of nitrogens with zero attached hydrogens (tertiary/aromatic N) is 2. The second-order valence-electron chi connectivity index (χ2n) is 6.23. The molecule has 0 saturated heterocycles. The number of benzene rings is 1. The molecule has 3 N–H and O–H groups in total. The van der Waals surface area contributed by atoms with Gasteiger partial charge in [0.25, 0.3) is 0 Å². The quantitative estimate of drug-likeness (QED) is 0.831. The number of rotatable bonds is 5. The SMILES string of the molecule is CC(C)(C)c1nnc(CNC(=O)CCc2ccccc2N)s1. The lowest BCUT2D eigenvalue weighted by Gasteiger charge is -2.12. The van der Waals surface area contributed by atoms with Gasteiger partial charge in [0.2, 0.25) is 5.91 Å². The summed E-state index contributed by atoms with van der Waals surface area (Å²) in [6.07, 6.45) is 1.06. The topological polar surface area (TPSA) is 80.9 Å². The summed E-state index contributed by atoms with van der Waals surface area (Å²) in [4.78, 5) is 11.9. The van der Waals surface area contributed by atoms with E-state index < -0.39 is 0 Å². The van der Waals surface area contributed by atoms with Crippen LogP contribution in [0.15, 0.2) is 24.3 Å². The lowest BCUT2D eigenvalue weighted by atomic mass is 9.98. The van der Waals surface area contributed by atoms with Crippen LogP contribution in [-0.4, -0.2) is 16.1 Å². The van der Waals surface area contributed by atoms with E-state index in [1.807, 2.05) is 24.3 Å². The average Bonchev–Trinajstić information content (AvgIpc) is 2.93. The molecule has 0 saturated carbocycles. The number of hydrogen-bond acceptors (Lipinski definition) is 5. The predicted octanol–water partition coefficient (Wildman–Crippen LogP) is 2.67. The minimum Gasteiger partial charge on any atom is -0.399 e. The first-order valence-electron chi connectivity index (χ1n) is 7.29. The highest BCUT2D eigenvalue weighted by atomic mass is 32.1. The summed E-state index contributed by atoms with van der Waals surface area (Å²) in [5, 5.41) is 13.0. The number of amides is 1. The van der Waals surface area contributed by atoms with Crippen LogP contribution in [0.25, 0.3) is 0 Å². The van der Waals surface area contributed by atoms with Crippen molar-refractivity contribution < 1.29 is 4.79 Å². The van der Waals surface area contributed by atoms with Crippen LogP contribution in [0.1, 0.15) is 42.8 Å². The van der Waals surface area contributed by atoms with Crippen molar-refractivity contribution in [3.63, 3.8) is 0 Å². The van der Waals surface area contributed by atoms with Crippen LogP contribution in [0.5, 0.6) is 0 Å². The minimum absolute atomic E-state index is 0.00392. The number of nitrogens with two attached hydrogens (primary N) is 1. The summed E-state index contributed by atoms with van der Waals surface area (Å²) in [7, 11) is 0. The second kappa shape index (κ2) is 6.87. The number of anilines is 1. The molecule has 5 nitrogen and oxygen atoms in total. The van der Waals surface area contributed by atoms with E-state index in [1.54, 1.807) is 11.3 Å². The smallest absolute Gasteiger partial charge is 0.220 e. The Bertz CT molecular complexity index is 646. The van der Waals surface area contributed by atoms with Gasteiger partial charge in [-0.15, -0.1) is 10.2 Å². The molecular weight excluding hydrogens is 296 g/mol. The van der Waals surface area contributed by atoms with Crippen molar-refractivity contribution in [3.8, 4) is 0 Å². The van der Waals surface area contributed by atoms with Crippen LogP contribution < -0.4 is 11.1 Å². The molecule has 0 aliphatic heterocycles. The van der Waals surface area contributed by atoms with Crippen molar-refractivity contribution in [2.24, 2.45) is 0 Å². The third-order valence-electron chi connectivity index (χ3n) is 3.22. The van der Waals surface area contributed by atoms with Crippen LogP contribution in [0.4, 0.5) is 5.69 Å². The van der Waals surface area contributed by atoms with Gasteiger partial charge in [-0.1, -0.05) is 50.3 Å². The van der Waals surface area contributed by atoms with Gasteiger partial charge in [0, 0.05) is 17.5 Å². The van der Waals surface area contributed by atoms with E-state index in [1.165, 1.54) is 0 Å². The van der Waals surface area contributed by atoms with Crippen molar-refractivity contribution in [1.82, 2.24) is 15.5 Å². The maximum absolute atomic E-state index is 11.9. The lowest BCUT2D eigenvalue weighted by Crippen LogP contribution is -2.23. The molecule has 0 unspecified atom stereocenters. The van der Waals surface area contributed by atoms with Gasteiger partial charge >= 0.3 is 0 Å². The monoisotopic (exact) mass is 318 g/mol. The Kier molecular flexibility index (Phi) is 5.13. The fourth-order valence-electron chi connectivity index (χ4n) is 1.90. The maximum Gasteiger partial charge on any atom is 0.220 e. The lowest BCUT2D eigenvalue weighted by molar-refractivity contribution is -0.121. The van der Waals surface area contributed by atoms with Crippen molar-refractivity contribution in [2.45, 2.75) is 45.6 Å². The molecule has 1 aromatic heterocycles. The van der Waals surface area contributed by atoms with Crippen molar-refractivity contribution in [3.05, 3.63) is 39.8 Å². The molecule has 0 aliphatic rings. The summed E-state index contributed by atoms with van der Waals surface area (Å²) in [5.74, 6) is -0.00392. The minimum atomic E-state index is -0.00916. The molecule has 0 bridgehead atoms. The summed E-state index contributed by atoms with van der Waals surface area (Å²) in [5.41, 5.74) is 7.59. The number of aryl methyl sites for hydroxylation is 1. The van der Waals surface area contributed by atoms with Crippen molar-refractivity contribution >= 4 is 22.9 Å². The van der Waals surface area contributed by atoms with Gasteiger partial charge < -0.3 is 11.1 Å². The highest BCUT2D eigenvalue weighted by molar-refractivity contribution is 7.11. The highest BCUT2D eigenvalue weighted by Gasteiger charge is 2.19. The molecule has 1 amide bonds. The maximum atomic E-state index is 11.9. The summed E-state index contributed by atoms with van der Waals surface area (Å²) in [6.45, 7) is 6.72. The summed E-state index contributed by atoms with van der Waals surface area (Å²) >= 11 is 1.54. The largest absolute Gasteiger partial charge is 0.399 e. The zero-order valence-electron chi connectivity index (χ0n) is 13.2. The van der Waals surface area contributed by atoms with Crippen LogP contribution in [-0.2, 0) is 23.2 Å². The zero-order chi connectivity index (χ0) is 16.2. The molecule has 2 aromatic rings. The number of carbonyl (C=O) groups is 1. The molecule has 0 fully saturated rings. The Labute approximate surface area is 135 Å². The zero-order valence-corrected chi connectivity index (χ0v) is 14.0. The fourth-order valence-corrected chi connectivity index (χ4v) is 2.74.